The lowest BCUT2D eigenvalue weighted by Crippen LogP contribution is -2.31. The van der Waals surface area contributed by atoms with Gasteiger partial charge in [-0.25, -0.2) is 9.37 Å². The molecule has 3 aromatic rings. The Morgan fingerprint density at radius 3 is 2.66 bits per heavy atom. The minimum Gasteiger partial charge on any atom is -0.356 e. The molecule has 1 N–H and O–H groups in total. The van der Waals surface area contributed by atoms with Crippen LogP contribution in [-0.4, -0.2) is 22.0 Å². The molecule has 0 unspecified atom stereocenters. The fraction of sp³-hybridized carbons (Fsp3) is 0.391. The Hall–Kier alpha value is -2.40. The van der Waals surface area contributed by atoms with Gasteiger partial charge >= 0.3 is 0 Å². The summed E-state index contributed by atoms with van der Waals surface area (Å²) in [6.07, 6.45) is 3.15. The first kappa shape index (κ1) is 21.3. The number of aromatic nitrogens is 2. The third-order valence-corrected chi connectivity index (χ3v) is 5.70. The zero-order chi connectivity index (χ0) is 20.8. The maximum atomic E-state index is 14.3. The highest BCUT2D eigenvalue weighted by Crippen LogP contribution is 2.24. The van der Waals surface area contributed by atoms with Crippen molar-refractivity contribution in [3.05, 3.63) is 64.7 Å². The Bertz CT molecular complexity index is 961. The minimum atomic E-state index is -0.321. The number of rotatable bonds is 9. The number of para-hydroxylation sites is 2. The van der Waals surface area contributed by atoms with E-state index < -0.39 is 0 Å². The van der Waals surface area contributed by atoms with Crippen molar-refractivity contribution in [2.75, 3.05) is 6.54 Å². The quantitative estimate of drug-likeness (QED) is 0.478. The van der Waals surface area contributed by atoms with E-state index in [-0.39, 0.29) is 17.6 Å². The molecule has 0 aliphatic heterocycles. The third-order valence-electron chi connectivity index (χ3n) is 5.34. The van der Waals surface area contributed by atoms with Crippen LogP contribution in [0.3, 0.4) is 0 Å². The van der Waals surface area contributed by atoms with Crippen LogP contribution in [-0.2, 0) is 17.8 Å². The fourth-order valence-corrected chi connectivity index (χ4v) is 3.82. The monoisotopic (exact) mass is 415 g/mol. The summed E-state index contributed by atoms with van der Waals surface area (Å²) in [7, 11) is 0. The molecule has 4 nitrogen and oxygen atoms in total. The molecular formula is C23H27ClFN3O. The van der Waals surface area contributed by atoms with Crippen LogP contribution in [0.5, 0.6) is 0 Å². The highest BCUT2D eigenvalue weighted by atomic mass is 35.5. The molecule has 6 heteroatoms. The van der Waals surface area contributed by atoms with Crippen molar-refractivity contribution in [3.63, 3.8) is 0 Å². The van der Waals surface area contributed by atoms with E-state index in [1.54, 1.807) is 12.1 Å². The van der Waals surface area contributed by atoms with Crippen LogP contribution < -0.4 is 5.32 Å². The zero-order valence-corrected chi connectivity index (χ0v) is 17.7. The van der Waals surface area contributed by atoms with Crippen molar-refractivity contribution in [1.82, 2.24) is 14.9 Å². The highest BCUT2D eigenvalue weighted by molar-refractivity contribution is 6.31. The van der Waals surface area contributed by atoms with Crippen molar-refractivity contribution in [2.24, 2.45) is 5.92 Å². The lowest BCUT2D eigenvalue weighted by molar-refractivity contribution is -0.125. The molecule has 0 aliphatic rings. The van der Waals surface area contributed by atoms with E-state index in [0.717, 1.165) is 36.1 Å². The van der Waals surface area contributed by atoms with E-state index in [2.05, 4.69) is 5.32 Å². The number of benzene rings is 2. The second-order valence-corrected chi connectivity index (χ2v) is 7.62. The number of carbonyl (C=O) groups is 1. The SMILES string of the molecule is CCC(CC)C(=O)NCCCc1nc2ccccc2n1Cc1c(F)cccc1Cl. The van der Waals surface area contributed by atoms with Crippen molar-refractivity contribution in [3.8, 4) is 0 Å². The smallest absolute Gasteiger partial charge is 0.223 e. The topological polar surface area (TPSA) is 46.9 Å². The number of imidazole rings is 1. The van der Waals surface area contributed by atoms with Crippen molar-refractivity contribution in [2.45, 2.75) is 46.1 Å². The summed E-state index contributed by atoms with van der Waals surface area (Å²) in [5.41, 5.74) is 2.28. The molecular weight excluding hydrogens is 389 g/mol. The van der Waals surface area contributed by atoms with Crippen molar-refractivity contribution in [1.29, 1.82) is 0 Å². The number of hydrogen-bond donors (Lipinski definition) is 1. The van der Waals surface area contributed by atoms with Crippen LogP contribution in [0, 0.1) is 11.7 Å². The van der Waals surface area contributed by atoms with Gasteiger partial charge in [-0.05, 0) is 43.5 Å². The van der Waals surface area contributed by atoms with Gasteiger partial charge in [-0.1, -0.05) is 43.6 Å². The number of halogens is 2. The van der Waals surface area contributed by atoms with Crippen LogP contribution in [0.2, 0.25) is 5.02 Å². The van der Waals surface area contributed by atoms with Gasteiger partial charge in [0.15, 0.2) is 0 Å². The van der Waals surface area contributed by atoms with E-state index >= 15 is 0 Å². The number of nitrogens with zero attached hydrogens (tertiary/aromatic N) is 2. The van der Waals surface area contributed by atoms with Gasteiger partial charge in [-0.3, -0.25) is 4.79 Å². The molecule has 1 heterocycles. The molecule has 0 spiro atoms. The first-order valence-corrected chi connectivity index (χ1v) is 10.6. The molecule has 154 valence electrons. The summed E-state index contributed by atoms with van der Waals surface area (Å²) < 4.78 is 16.4. The van der Waals surface area contributed by atoms with Gasteiger partial charge in [0, 0.05) is 29.5 Å². The van der Waals surface area contributed by atoms with Gasteiger partial charge in [0.2, 0.25) is 5.91 Å². The predicted molar refractivity (Wildman–Crippen MR) is 116 cm³/mol. The third kappa shape index (κ3) is 4.96. The van der Waals surface area contributed by atoms with Gasteiger partial charge < -0.3 is 9.88 Å². The summed E-state index contributed by atoms with van der Waals surface area (Å²) in [6.45, 7) is 4.98. The van der Waals surface area contributed by atoms with Gasteiger partial charge in [0.25, 0.3) is 0 Å². The number of carbonyl (C=O) groups excluding carboxylic acids is 1. The summed E-state index contributed by atoms with van der Waals surface area (Å²) in [6, 6.07) is 12.6. The molecule has 0 atom stereocenters. The molecule has 1 aromatic heterocycles. The fourth-order valence-electron chi connectivity index (χ4n) is 3.60. The molecule has 2 aromatic carbocycles. The molecule has 0 radical (unpaired) electrons. The highest BCUT2D eigenvalue weighted by Gasteiger charge is 2.16. The second-order valence-electron chi connectivity index (χ2n) is 7.21. The summed E-state index contributed by atoms with van der Waals surface area (Å²) >= 11 is 6.25. The van der Waals surface area contributed by atoms with Crippen LogP contribution >= 0.6 is 11.6 Å². The molecule has 29 heavy (non-hydrogen) atoms. The number of fused-ring (bicyclic) bond motifs is 1. The molecule has 0 fully saturated rings. The Kier molecular flexibility index (Phi) is 7.26. The Labute approximate surface area is 176 Å². The normalized spacial score (nSPS) is 11.3. The maximum Gasteiger partial charge on any atom is 0.223 e. The molecule has 0 bridgehead atoms. The van der Waals surface area contributed by atoms with Crippen molar-refractivity contribution >= 4 is 28.5 Å². The first-order chi connectivity index (χ1) is 14.0. The van der Waals surface area contributed by atoms with E-state index in [1.165, 1.54) is 6.07 Å². The molecule has 0 saturated carbocycles. The van der Waals surface area contributed by atoms with Crippen LogP contribution in [0.4, 0.5) is 4.39 Å². The standard InChI is InChI=1S/C23H27ClFN3O/c1-3-16(4-2)23(29)26-14-8-13-22-27-20-11-5-6-12-21(20)28(22)15-17-18(24)9-7-10-19(17)25/h5-7,9-12,16H,3-4,8,13-15H2,1-2H3,(H,26,29). The number of aryl methyl sites for hydroxylation is 1. The largest absolute Gasteiger partial charge is 0.356 e. The average Bonchev–Trinajstić information content (AvgIpc) is 3.06. The van der Waals surface area contributed by atoms with Gasteiger partial charge in [0.05, 0.1) is 17.6 Å². The maximum absolute atomic E-state index is 14.3. The van der Waals surface area contributed by atoms with E-state index in [1.807, 2.05) is 42.7 Å². The lowest BCUT2D eigenvalue weighted by atomic mass is 10.0. The summed E-state index contributed by atoms with van der Waals surface area (Å²) in [4.78, 5) is 16.9. The number of amides is 1. The van der Waals surface area contributed by atoms with E-state index in [0.29, 0.717) is 30.1 Å². The molecule has 1 amide bonds. The molecule has 0 saturated heterocycles. The Morgan fingerprint density at radius 1 is 1.17 bits per heavy atom. The predicted octanol–water partition coefficient (Wildman–Crippen LogP) is 5.36. The van der Waals surface area contributed by atoms with E-state index in [4.69, 9.17) is 16.6 Å². The molecule has 3 rings (SSSR count). The molecule has 0 aliphatic carbocycles. The van der Waals surface area contributed by atoms with Gasteiger partial charge in [0.1, 0.15) is 11.6 Å². The van der Waals surface area contributed by atoms with Crippen molar-refractivity contribution < 1.29 is 9.18 Å². The summed E-state index contributed by atoms with van der Waals surface area (Å²) in [5, 5.41) is 3.43. The van der Waals surface area contributed by atoms with E-state index in [9.17, 15) is 9.18 Å². The van der Waals surface area contributed by atoms with Crippen LogP contribution in [0.25, 0.3) is 11.0 Å². The number of hydrogen-bond acceptors (Lipinski definition) is 2. The first-order valence-electron chi connectivity index (χ1n) is 10.2. The second kappa shape index (κ2) is 9.88. The Balaban J connectivity index is 1.76. The number of nitrogens with one attached hydrogen (secondary N) is 1. The minimum absolute atomic E-state index is 0.0720. The van der Waals surface area contributed by atoms with Crippen LogP contribution in [0.15, 0.2) is 42.5 Å². The zero-order valence-electron chi connectivity index (χ0n) is 16.9. The van der Waals surface area contributed by atoms with Gasteiger partial charge in [-0.2, -0.15) is 0 Å². The average molecular weight is 416 g/mol. The van der Waals surface area contributed by atoms with Crippen LogP contribution in [0.1, 0.15) is 44.5 Å². The van der Waals surface area contributed by atoms with Gasteiger partial charge in [-0.15, -0.1) is 0 Å². The Morgan fingerprint density at radius 2 is 1.93 bits per heavy atom. The lowest BCUT2D eigenvalue weighted by Gasteiger charge is -2.13. The summed E-state index contributed by atoms with van der Waals surface area (Å²) in [5.74, 6) is 0.727.